The van der Waals surface area contributed by atoms with Gasteiger partial charge in [-0.1, -0.05) is 43.7 Å². The number of aliphatic imine (C=N–C) groups is 1. The zero-order valence-corrected chi connectivity index (χ0v) is 18.0. The van der Waals surface area contributed by atoms with E-state index in [0.717, 1.165) is 39.3 Å². The topological polar surface area (TPSA) is 62.9 Å². The molecule has 1 heterocycles. The molecule has 1 aliphatic rings. The Labute approximate surface area is 169 Å². The Morgan fingerprint density at radius 3 is 2.68 bits per heavy atom. The van der Waals surface area contributed by atoms with Crippen LogP contribution in [0.1, 0.15) is 37.4 Å². The molecule has 1 unspecified atom stereocenters. The molecule has 1 saturated heterocycles. The third kappa shape index (κ3) is 7.92. The molecule has 0 aromatic heterocycles. The van der Waals surface area contributed by atoms with Crippen LogP contribution in [0, 0.1) is 12.8 Å². The van der Waals surface area contributed by atoms with Gasteiger partial charge in [0.05, 0.1) is 25.8 Å². The Morgan fingerprint density at radius 2 is 2.04 bits per heavy atom. The molecule has 0 spiro atoms. The summed E-state index contributed by atoms with van der Waals surface area (Å²) in [6.07, 6.45) is 1.10. The number of halogens is 1. The van der Waals surface area contributed by atoms with Gasteiger partial charge in [-0.2, -0.15) is 0 Å². The van der Waals surface area contributed by atoms with Crippen LogP contribution in [0.4, 0.5) is 0 Å². The summed E-state index contributed by atoms with van der Waals surface area (Å²) in [6.45, 7) is 11.5. The minimum atomic E-state index is 0. The van der Waals surface area contributed by atoms with Crippen molar-refractivity contribution < 1.29 is 4.74 Å². The first-order chi connectivity index (χ1) is 11.6. The first kappa shape index (κ1) is 22.2. The summed E-state index contributed by atoms with van der Waals surface area (Å²) in [5.74, 6) is 1.21. The van der Waals surface area contributed by atoms with E-state index in [1.807, 2.05) is 0 Å². The molecule has 5 nitrogen and oxygen atoms in total. The fourth-order valence-electron chi connectivity index (χ4n) is 2.93. The molecular weight excluding hydrogens is 427 g/mol. The van der Waals surface area contributed by atoms with Gasteiger partial charge in [0.25, 0.3) is 0 Å². The zero-order chi connectivity index (χ0) is 17.4. The molecule has 25 heavy (non-hydrogen) atoms. The summed E-state index contributed by atoms with van der Waals surface area (Å²) in [7, 11) is 0. The zero-order valence-electron chi connectivity index (χ0n) is 15.7. The lowest BCUT2D eigenvalue weighted by molar-refractivity contribution is 0.0180. The van der Waals surface area contributed by atoms with Gasteiger partial charge in [0.15, 0.2) is 5.96 Å². The third-order valence-electron chi connectivity index (χ3n) is 4.38. The third-order valence-corrected chi connectivity index (χ3v) is 4.38. The first-order valence-corrected chi connectivity index (χ1v) is 8.98. The van der Waals surface area contributed by atoms with Crippen molar-refractivity contribution >= 4 is 29.9 Å². The highest BCUT2D eigenvalue weighted by molar-refractivity contribution is 14.0. The number of nitrogens with zero attached hydrogens (tertiary/aromatic N) is 2. The number of nitrogens with one attached hydrogen (secondary N) is 1. The predicted molar refractivity (Wildman–Crippen MR) is 116 cm³/mol. The average Bonchev–Trinajstić information content (AvgIpc) is 2.56. The molecule has 3 N–H and O–H groups in total. The number of morpholine rings is 1. The van der Waals surface area contributed by atoms with Crippen LogP contribution in [0.25, 0.3) is 0 Å². The fourth-order valence-corrected chi connectivity index (χ4v) is 2.93. The highest BCUT2D eigenvalue weighted by atomic mass is 127. The summed E-state index contributed by atoms with van der Waals surface area (Å²) in [5, 5.41) is 3.22. The largest absolute Gasteiger partial charge is 0.379 e. The van der Waals surface area contributed by atoms with E-state index >= 15 is 0 Å². The van der Waals surface area contributed by atoms with Gasteiger partial charge in [-0.15, -0.1) is 24.0 Å². The number of hydrogen-bond acceptors (Lipinski definition) is 3. The van der Waals surface area contributed by atoms with Gasteiger partial charge in [0.2, 0.25) is 0 Å². The Balaban J connectivity index is 0.00000312. The molecule has 0 saturated carbocycles. The Kier molecular flexibility index (Phi) is 10.4. The van der Waals surface area contributed by atoms with Crippen LogP contribution in [0.3, 0.4) is 0 Å². The normalized spacial score (nSPS) is 17.2. The van der Waals surface area contributed by atoms with E-state index in [1.165, 1.54) is 11.1 Å². The van der Waals surface area contributed by atoms with Crippen LogP contribution in [0.15, 0.2) is 29.3 Å². The molecule has 1 aromatic carbocycles. The number of ether oxygens (including phenoxy) is 1. The van der Waals surface area contributed by atoms with Gasteiger partial charge < -0.3 is 15.8 Å². The maximum atomic E-state index is 6.04. The molecule has 0 bridgehead atoms. The van der Waals surface area contributed by atoms with Crippen LogP contribution in [0.5, 0.6) is 0 Å². The molecule has 0 amide bonds. The molecule has 1 fully saturated rings. The monoisotopic (exact) mass is 460 g/mol. The highest BCUT2D eigenvalue weighted by Crippen LogP contribution is 2.23. The smallest absolute Gasteiger partial charge is 0.188 e. The van der Waals surface area contributed by atoms with E-state index in [-0.39, 0.29) is 30.0 Å². The standard InChI is InChI=1S/C19H32N4O.HI/c1-15(2)7-8-21-19(20)22-14-18(23-9-11-24-12-10-23)17-6-4-5-16(3)13-17;/h4-6,13,15,18H,7-12,14H2,1-3H3,(H3,20,21,22);1H. The summed E-state index contributed by atoms with van der Waals surface area (Å²) in [6, 6.07) is 8.93. The molecule has 0 radical (unpaired) electrons. The number of guanidine groups is 1. The Hall–Kier alpha value is -0.860. The number of nitrogens with two attached hydrogens (primary N) is 1. The van der Waals surface area contributed by atoms with Crippen molar-refractivity contribution in [3.05, 3.63) is 35.4 Å². The van der Waals surface area contributed by atoms with Gasteiger partial charge >= 0.3 is 0 Å². The number of rotatable bonds is 7. The first-order valence-electron chi connectivity index (χ1n) is 8.98. The highest BCUT2D eigenvalue weighted by Gasteiger charge is 2.22. The average molecular weight is 460 g/mol. The minimum Gasteiger partial charge on any atom is -0.379 e. The maximum Gasteiger partial charge on any atom is 0.188 e. The summed E-state index contributed by atoms with van der Waals surface area (Å²) in [5.41, 5.74) is 8.62. The van der Waals surface area contributed by atoms with E-state index < -0.39 is 0 Å². The second-order valence-corrected chi connectivity index (χ2v) is 6.91. The molecule has 6 heteroatoms. The van der Waals surface area contributed by atoms with Crippen molar-refractivity contribution in [2.24, 2.45) is 16.6 Å². The molecule has 0 aliphatic carbocycles. The lowest BCUT2D eigenvalue weighted by Crippen LogP contribution is -2.41. The van der Waals surface area contributed by atoms with Crippen molar-refractivity contribution in [3.63, 3.8) is 0 Å². The van der Waals surface area contributed by atoms with Crippen molar-refractivity contribution in [1.82, 2.24) is 10.2 Å². The Morgan fingerprint density at radius 1 is 1.32 bits per heavy atom. The van der Waals surface area contributed by atoms with Crippen LogP contribution in [-0.2, 0) is 4.74 Å². The van der Waals surface area contributed by atoms with Crippen LogP contribution >= 0.6 is 24.0 Å². The van der Waals surface area contributed by atoms with Gasteiger partial charge in [-0.05, 0) is 24.8 Å². The Bertz CT molecular complexity index is 530. The van der Waals surface area contributed by atoms with Gasteiger partial charge in [0.1, 0.15) is 0 Å². The lowest BCUT2D eigenvalue weighted by atomic mass is 10.0. The summed E-state index contributed by atoms with van der Waals surface area (Å²) < 4.78 is 5.50. The number of benzene rings is 1. The SMILES string of the molecule is Cc1cccc(C(CN=C(N)NCCC(C)C)N2CCOCC2)c1.I. The molecule has 142 valence electrons. The van der Waals surface area contributed by atoms with Crippen LogP contribution in [0.2, 0.25) is 0 Å². The minimum absolute atomic E-state index is 0. The molecular formula is C19H33IN4O. The number of aryl methyl sites for hydroxylation is 1. The van der Waals surface area contributed by atoms with E-state index in [1.54, 1.807) is 0 Å². The van der Waals surface area contributed by atoms with Gasteiger partial charge in [0, 0.05) is 19.6 Å². The fraction of sp³-hybridized carbons (Fsp3) is 0.632. The van der Waals surface area contributed by atoms with Crippen molar-refractivity contribution in [2.45, 2.75) is 33.2 Å². The van der Waals surface area contributed by atoms with E-state index in [9.17, 15) is 0 Å². The van der Waals surface area contributed by atoms with E-state index in [4.69, 9.17) is 10.5 Å². The van der Waals surface area contributed by atoms with Gasteiger partial charge in [-0.25, -0.2) is 0 Å². The van der Waals surface area contributed by atoms with Crippen LogP contribution < -0.4 is 11.1 Å². The molecule has 2 rings (SSSR count). The summed E-state index contributed by atoms with van der Waals surface area (Å²) >= 11 is 0. The second kappa shape index (κ2) is 11.7. The van der Waals surface area contributed by atoms with Crippen molar-refractivity contribution in [3.8, 4) is 0 Å². The van der Waals surface area contributed by atoms with E-state index in [0.29, 0.717) is 18.4 Å². The lowest BCUT2D eigenvalue weighted by Gasteiger charge is -2.34. The molecule has 1 aliphatic heterocycles. The molecule has 1 aromatic rings. The number of hydrogen-bond donors (Lipinski definition) is 2. The maximum absolute atomic E-state index is 6.04. The van der Waals surface area contributed by atoms with Crippen LogP contribution in [-0.4, -0.2) is 50.3 Å². The quantitative estimate of drug-likeness (QED) is 0.373. The molecule has 1 atom stereocenters. The van der Waals surface area contributed by atoms with Crippen molar-refractivity contribution in [1.29, 1.82) is 0 Å². The summed E-state index contributed by atoms with van der Waals surface area (Å²) in [4.78, 5) is 7.05. The second-order valence-electron chi connectivity index (χ2n) is 6.91. The van der Waals surface area contributed by atoms with E-state index in [2.05, 4.69) is 60.2 Å². The predicted octanol–water partition coefficient (Wildman–Crippen LogP) is 2.94. The van der Waals surface area contributed by atoms with Crippen molar-refractivity contribution in [2.75, 3.05) is 39.4 Å². The van der Waals surface area contributed by atoms with Gasteiger partial charge in [-0.3, -0.25) is 9.89 Å².